The van der Waals surface area contributed by atoms with Crippen LogP contribution in [-0.2, 0) is 9.47 Å². The van der Waals surface area contributed by atoms with Gasteiger partial charge in [0.1, 0.15) is 11.5 Å². The number of ether oxygens (including phenoxy) is 4. The van der Waals surface area contributed by atoms with Crippen molar-refractivity contribution in [3.63, 3.8) is 0 Å². The minimum Gasteiger partial charge on any atom is -0.493 e. The van der Waals surface area contributed by atoms with E-state index in [2.05, 4.69) is 13.8 Å². The van der Waals surface area contributed by atoms with Crippen LogP contribution in [0.5, 0.6) is 11.5 Å². The fourth-order valence-electron chi connectivity index (χ4n) is 6.65. The van der Waals surface area contributed by atoms with Crippen molar-refractivity contribution in [2.45, 2.75) is 64.6 Å². The van der Waals surface area contributed by atoms with Crippen LogP contribution in [-0.4, -0.2) is 63.5 Å². The molecule has 2 unspecified atom stereocenters. The molecule has 2 aliphatic rings. The van der Waals surface area contributed by atoms with E-state index in [1.165, 1.54) is 0 Å². The molecular formula is C48H52N2O6. The van der Waals surface area contributed by atoms with E-state index in [9.17, 15) is 9.59 Å². The van der Waals surface area contributed by atoms with E-state index in [-0.39, 0.29) is 11.8 Å². The van der Waals surface area contributed by atoms with Crippen molar-refractivity contribution in [3.05, 3.63) is 132 Å². The van der Waals surface area contributed by atoms with Gasteiger partial charge in [0.05, 0.1) is 38.6 Å². The Labute approximate surface area is 331 Å². The van der Waals surface area contributed by atoms with Crippen LogP contribution in [0.3, 0.4) is 0 Å². The molecule has 7 rings (SSSR count). The van der Waals surface area contributed by atoms with Crippen LogP contribution in [0, 0.1) is 0 Å². The molecule has 56 heavy (non-hydrogen) atoms. The highest BCUT2D eigenvalue weighted by Crippen LogP contribution is 2.29. The maximum Gasteiger partial charge on any atom is 0.258 e. The SMILES string of the molecule is CCCCN(C(=O)c1ccc(-c2ccc(OCCC3CO3)cc2)cc1)c1cccc(N(CCCC)C(=O)c2ccc(-c3ccc(OCCC4CO4)cc3)cc2)c1. The summed E-state index contributed by atoms with van der Waals surface area (Å²) in [6.07, 6.45) is 6.12. The van der Waals surface area contributed by atoms with Crippen molar-refractivity contribution in [2.24, 2.45) is 0 Å². The van der Waals surface area contributed by atoms with Crippen molar-refractivity contribution in [1.82, 2.24) is 0 Å². The van der Waals surface area contributed by atoms with Crippen LogP contribution in [0.25, 0.3) is 22.3 Å². The number of hydrogen-bond donors (Lipinski definition) is 0. The van der Waals surface area contributed by atoms with E-state index < -0.39 is 0 Å². The Hall–Kier alpha value is -5.44. The summed E-state index contributed by atoms with van der Waals surface area (Å²) in [7, 11) is 0. The lowest BCUT2D eigenvalue weighted by atomic mass is 10.0. The predicted octanol–water partition coefficient (Wildman–Crippen LogP) is 10.2. The number of hydrogen-bond acceptors (Lipinski definition) is 6. The highest BCUT2D eigenvalue weighted by Gasteiger charge is 2.24. The van der Waals surface area contributed by atoms with Crippen molar-refractivity contribution in [3.8, 4) is 33.8 Å². The van der Waals surface area contributed by atoms with Gasteiger partial charge in [-0.1, -0.05) is 81.3 Å². The summed E-state index contributed by atoms with van der Waals surface area (Å²) >= 11 is 0. The van der Waals surface area contributed by atoms with Crippen LogP contribution in [0.2, 0.25) is 0 Å². The Morgan fingerprint density at radius 3 is 1.25 bits per heavy atom. The Balaban J connectivity index is 1.04. The molecule has 0 saturated carbocycles. The Bertz CT molecular complexity index is 1880. The average Bonchev–Trinajstić information content (AvgIpc) is 4.20. The summed E-state index contributed by atoms with van der Waals surface area (Å²) in [4.78, 5) is 32.0. The molecule has 0 aromatic heterocycles. The first-order chi connectivity index (χ1) is 27.5. The van der Waals surface area contributed by atoms with Crippen molar-refractivity contribution >= 4 is 23.2 Å². The van der Waals surface area contributed by atoms with Gasteiger partial charge in [0.25, 0.3) is 11.8 Å². The van der Waals surface area contributed by atoms with E-state index >= 15 is 0 Å². The smallest absolute Gasteiger partial charge is 0.258 e. The topological polar surface area (TPSA) is 84.1 Å². The molecule has 0 radical (unpaired) electrons. The van der Waals surface area contributed by atoms with E-state index in [1.54, 1.807) is 0 Å². The van der Waals surface area contributed by atoms with Crippen molar-refractivity contribution in [2.75, 3.05) is 49.3 Å². The molecule has 2 amide bonds. The number of anilines is 2. The molecule has 0 spiro atoms. The van der Waals surface area contributed by atoms with Crippen LogP contribution < -0.4 is 19.3 Å². The maximum atomic E-state index is 14.2. The Morgan fingerprint density at radius 1 is 0.554 bits per heavy atom. The average molecular weight is 753 g/mol. The van der Waals surface area contributed by atoms with E-state index in [0.29, 0.717) is 49.6 Å². The molecule has 2 heterocycles. The van der Waals surface area contributed by atoms with Crippen LogP contribution in [0.4, 0.5) is 11.4 Å². The Kier molecular flexibility index (Phi) is 13.1. The van der Waals surface area contributed by atoms with Gasteiger partial charge < -0.3 is 28.7 Å². The first kappa shape index (κ1) is 38.8. The molecule has 0 bridgehead atoms. The standard InChI is InChI=1S/C48H52N2O6/c1-3-5-28-49(47(51)39-14-10-35(11-15-39)37-18-22-43(23-19-37)53-30-26-45-33-55-45)41-8-7-9-42(32-41)50(29-6-4-2)48(52)40-16-12-36(13-17-40)38-20-24-44(25-21-38)54-31-27-46-34-56-46/h7-25,32,45-46H,3-6,26-31,33-34H2,1-2H3. The zero-order valence-electron chi connectivity index (χ0n) is 32.5. The lowest BCUT2D eigenvalue weighted by Crippen LogP contribution is -2.34. The third kappa shape index (κ3) is 10.4. The van der Waals surface area contributed by atoms with Gasteiger partial charge in [-0.3, -0.25) is 9.59 Å². The predicted molar refractivity (Wildman–Crippen MR) is 223 cm³/mol. The number of carbonyl (C=O) groups is 2. The minimum atomic E-state index is -0.0694. The van der Waals surface area contributed by atoms with Gasteiger partial charge in [-0.2, -0.15) is 0 Å². The maximum absolute atomic E-state index is 14.2. The molecule has 2 atom stereocenters. The molecule has 0 aliphatic carbocycles. The van der Waals surface area contributed by atoms with Crippen molar-refractivity contribution < 1.29 is 28.5 Å². The van der Waals surface area contributed by atoms with Gasteiger partial charge in [-0.05, 0) is 102 Å². The van der Waals surface area contributed by atoms with Gasteiger partial charge in [0.2, 0.25) is 0 Å². The number of epoxide rings is 2. The van der Waals surface area contributed by atoms with E-state index in [1.807, 2.05) is 131 Å². The molecule has 5 aromatic rings. The molecule has 2 fully saturated rings. The van der Waals surface area contributed by atoms with Gasteiger partial charge >= 0.3 is 0 Å². The first-order valence-corrected chi connectivity index (χ1v) is 20.1. The normalized spacial score (nSPS) is 15.5. The molecule has 5 aromatic carbocycles. The summed E-state index contributed by atoms with van der Waals surface area (Å²) in [6, 6.07) is 39.5. The lowest BCUT2D eigenvalue weighted by Gasteiger charge is -2.27. The van der Waals surface area contributed by atoms with Gasteiger partial charge in [0.15, 0.2) is 0 Å². The number of amides is 2. The summed E-state index contributed by atoms with van der Waals surface area (Å²) in [5.41, 5.74) is 6.93. The number of unbranched alkanes of at least 4 members (excludes halogenated alkanes) is 2. The molecule has 2 saturated heterocycles. The second kappa shape index (κ2) is 18.9. The number of carbonyl (C=O) groups excluding carboxylic acids is 2. The number of benzene rings is 5. The summed E-state index contributed by atoms with van der Waals surface area (Å²) < 4.78 is 22.2. The number of nitrogens with zero attached hydrogens (tertiary/aromatic N) is 2. The van der Waals surface area contributed by atoms with Gasteiger partial charge in [0, 0.05) is 48.4 Å². The largest absolute Gasteiger partial charge is 0.493 e. The first-order valence-electron chi connectivity index (χ1n) is 20.1. The third-order valence-corrected chi connectivity index (χ3v) is 10.3. The minimum absolute atomic E-state index is 0.0694. The fraction of sp³-hybridized carbons (Fsp3) is 0.333. The highest BCUT2D eigenvalue weighted by atomic mass is 16.6. The monoisotopic (exact) mass is 752 g/mol. The second-order valence-corrected chi connectivity index (χ2v) is 14.5. The van der Waals surface area contributed by atoms with Gasteiger partial charge in [-0.15, -0.1) is 0 Å². The molecular weight excluding hydrogens is 701 g/mol. The molecule has 8 nitrogen and oxygen atoms in total. The summed E-state index contributed by atoms with van der Waals surface area (Å²) in [5, 5.41) is 0. The number of rotatable bonds is 20. The van der Waals surface area contributed by atoms with Crippen molar-refractivity contribution in [1.29, 1.82) is 0 Å². The summed E-state index contributed by atoms with van der Waals surface area (Å²) in [5.74, 6) is 1.53. The zero-order chi connectivity index (χ0) is 38.7. The van der Waals surface area contributed by atoms with Crippen LogP contribution >= 0.6 is 0 Å². The van der Waals surface area contributed by atoms with E-state index in [0.717, 1.165) is 96.9 Å². The molecule has 2 aliphatic heterocycles. The highest BCUT2D eigenvalue weighted by molar-refractivity contribution is 6.08. The third-order valence-electron chi connectivity index (χ3n) is 10.3. The quantitative estimate of drug-likeness (QED) is 0.0736. The molecule has 290 valence electrons. The lowest BCUT2D eigenvalue weighted by molar-refractivity contribution is 0.0980. The second-order valence-electron chi connectivity index (χ2n) is 14.5. The fourth-order valence-corrected chi connectivity index (χ4v) is 6.65. The zero-order valence-corrected chi connectivity index (χ0v) is 32.5. The Morgan fingerprint density at radius 2 is 0.911 bits per heavy atom. The van der Waals surface area contributed by atoms with Crippen LogP contribution in [0.1, 0.15) is 73.1 Å². The molecule has 8 heteroatoms. The van der Waals surface area contributed by atoms with E-state index in [4.69, 9.17) is 18.9 Å². The molecule has 0 N–H and O–H groups in total. The summed E-state index contributed by atoms with van der Waals surface area (Å²) in [6.45, 7) is 8.35. The van der Waals surface area contributed by atoms with Crippen LogP contribution in [0.15, 0.2) is 121 Å². The van der Waals surface area contributed by atoms with Gasteiger partial charge in [-0.25, -0.2) is 0 Å².